The fourth-order valence-electron chi connectivity index (χ4n) is 2.72. The fraction of sp³-hybridized carbons (Fsp3) is 0.333. The van der Waals surface area contributed by atoms with Gasteiger partial charge >= 0.3 is 6.03 Å². The van der Waals surface area contributed by atoms with Crippen LogP contribution in [0.5, 0.6) is 0 Å². The van der Waals surface area contributed by atoms with Crippen molar-refractivity contribution in [2.75, 3.05) is 6.54 Å². The lowest BCUT2D eigenvalue weighted by Crippen LogP contribution is -2.40. The maximum Gasteiger partial charge on any atom is 0.315 e. The molecule has 3 rings (SSSR count). The first-order valence-corrected chi connectivity index (χ1v) is 7.69. The van der Waals surface area contributed by atoms with Crippen LogP contribution in [-0.4, -0.2) is 17.6 Å². The Hall–Kier alpha value is -2.36. The average molecular weight is 295 g/mol. The summed E-state index contributed by atoms with van der Waals surface area (Å²) in [6, 6.07) is 14.1. The third kappa shape index (κ3) is 3.27. The molecule has 114 valence electrons. The first-order valence-electron chi connectivity index (χ1n) is 7.69. The normalized spacial score (nSPS) is 16.6. The summed E-state index contributed by atoms with van der Waals surface area (Å²) in [7, 11) is 0. The van der Waals surface area contributed by atoms with Crippen LogP contribution >= 0.6 is 0 Å². The van der Waals surface area contributed by atoms with E-state index in [1.54, 1.807) is 12.4 Å². The Labute approximate surface area is 131 Å². The molecule has 4 heteroatoms. The Kier molecular flexibility index (Phi) is 4.09. The van der Waals surface area contributed by atoms with Gasteiger partial charge in [0, 0.05) is 24.4 Å². The van der Waals surface area contributed by atoms with Crippen molar-refractivity contribution in [1.29, 1.82) is 0 Å². The first-order chi connectivity index (χ1) is 10.7. The molecular formula is C18H21N3O. The van der Waals surface area contributed by atoms with Crippen LogP contribution in [0.25, 0.3) is 0 Å². The van der Waals surface area contributed by atoms with Gasteiger partial charge in [0.15, 0.2) is 0 Å². The van der Waals surface area contributed by atoms with Gasteiger partial charge in [0.05, 0.1) is 6.04 Å². The van der Waals surface area contributed by atoms with Gasteiger partial charge in [0.2, 0.25) is 0 Å². The summed E-state index contributed by atoms with van der Waals surface area (Å²) in [6.45, 7) is 2.64. The van der Waals surface area contributed by atoms with E-state index in [0.29, 0.717) is 6.54 Å². The molecule has 4 nitrogen and oxygen atoms in total. The van der Waals surface area contributed by atoms with E-state index >= 15 is 0 Å². The summed E-state index contributed by atoms with van der Waals surface area (Å²) in [6.07, 6.45) is 5.77. The predicted octanol–water partition coefficient (Wildman–Crippen LogP) is 3.17. The van der Waals surface area contributed by atoms with Gasteiger partial charge in [-0.2, -0.15) is 0 Å². The van der Waals surface area contributed by atoms with Gasteiger partial charge in [0.25, 0.3) is 0 Å². The van der Waals surface area contributed by atoms with E-state index in [-0.39, 0.29) is 17.5 Å². The quantitative estimate of drug-likeness (QED) is 0.890. The standard InChI is InChI=1S/C18H21N3O/c1-14(15-6-5-11-19-12-15)21-17(22)20-13-18(9-10-18)16-7-3-2-4-8-16/h2-8,11-12,14H,9-10,13H2,1H3,(H2,20,21,22)/t14-/m1/s1. The monoisotopic (exact) mass is 295 g/mol. The third-order valence-electron chi connectivity index (χ3n) is 4.36. The molecule has 2 N–H and O–H groups in total. The minimum absolute atomic E-state index is 0.0550. The van der Waals surface area contributed by atoms with E-state index in [1.165, 1.54) is 5.56 Å². The summed E-state index contributed by atoms with van der Waals surface area (Å²) >= 11 is 0. The zero-order valence-corrected chi connectivity index (χ0v) is 12.8. The number of amides is 2. The Morgan fingerprint density at radius 1 is 1.23 bits per heavy atom. The van der Waals surface area contributed by atoms with E-state index in [4.69, 9.17) is 0 Å². The zero-order chi connectivity index (χ0) is 15.4. The Morgan fingerprint density at radius 2 is 2.00 bits per heavy atom. The van der Waals surface area contributed by atoms with Crippen LogP contribution in [0.15, 0.2) is 54.9 Å². The number of benzene rings is 1. The summed E-state index contributed by atoms with van der Waals surface area (Å²) in [5, 5.41) is 5.97. The highest BCUT2D eigenvalue weighted by Gasteiger charge is 2.44. The number of carbonyl (C=O) groups is 1. The smallest absolute Gasteiger partial charge is 0.315 e. The van der Waals surface area contributed by atoms with Crippen molar-refractivity contribution in [2.45, 2.75) is 31.2 Å². The summed E-state index contributed by atoms with van der Waals surface area (Å²) in [5.74, 6) is 0. The lowest BCUT2D eigenvalue weighted by atomic mass is 9.96. The van der Waals surface area contributed by atoms with Crippen molar-refractivity contribution in [3.63, 3.8) is 0 Å². The molecule has 22 heavy (non-hydrogen) atoms. The fourth-order valence-corrected chi connectivity index (χ4v) is 2.72. The molecule has 1 aliphatic carbocycles. The van der Waals surface area contributed by atoms with Gasteiger partial charge < -0.3 is 10.6 Å². The van der Waals surface area contributed by atoms with Gasteiger partial charge in [-0.25, -0.2) is 4.79 Å². The van der Waals surface area contributed by atoms with Crippen molar-refractivity contribution in [1.82, 2.24) is 15.6 Å². The van der Waals surface area contributed by atoms with Gasteiger partial charge in [0.1, 0.15) is 0 Å². The van der Waals surface area contributed by atoms with Crippen LogP contribution in [0.2, 0.25) is 0 Å². The minimum atomic E-state index is -0.126. The summed E-state index contributed by atoms with van der Waals surface area (Å²) < 4.78 is 0. The maximum absolute atomic E-state index is 12.1. The van der Waals surface area contributed by atoms with Crippen LogP contribution in [-0.2, 0) is 5.41 Å². The van der Waals surface area contributed by atoms with E-state index in [1.807, 2.05) is 25.1 Å². The molecule has 1 atom stereocenters. The SMILES string of the molecule is C[C@@H](NC(=O)NCC1(c2ccccc2)CC1)c1cccnc1. The molecule has 1 aromatic heterocycles. The zero-order valence-electron chi connectivity index (χ0n) is 12.8. The lowest BCUT2D eigenvalue weighted by molar-refractivity contribution is 0.237. The average Bonchev–Trinajstić information content (AvgIpc) is 3.36. The van der Waals surface area contributed by atoms with Crippen molar-refractivity contribution >= 4 is 6.03 Å². The number of urea groups is 1. The highest BCUT2D eigenvalue weighted by molar-refractivity contribution is 5.74. The van der Waals surface area contributed by atoms with Crippen LogP contribution in [0.3, 0.4) is 0 Å². The van der Waals surface area contributed by atoms with E-state index < -0.39 is 0 Å². The van der Waals surface area contributed by atoms with Crippen LogP contribution < -0.4 is 10.6 Å². The molecule has 0 unspecified atom stereocenters. The molecule has 2 aromatic rings. The lowest BCUT2D eigenvalue weighted by Gasteiger charge is -2.19. The number of pyridine rings is 1. The molecule has 0 radical (unpaired) electrons. The van der Waals surface area contributed by atoms with E-state index in [0.717, 1.165) is 18.4 Å². The molecule has 1 saturated carbocycles. The van der Waals surface area contributed by atoms with Crippen LogP contribution in [0.1, 0.15) is 36.9 Å². The predicted molar refractivity (Wildman–Crippen MR) is 86.5 cm³/mol. The van der Waals surface area contributed by atoms with Crippen LogP contribution in [0.4, 0.5) is 4.79 Å². The molecule has 1 fully saturated rings. The second-order valence-electron chi connectivity index (χ2n) is 5.98. The summed E-state index contributed by atoms with van der Waals surface area (Å²) in [5.41, 5.74) is 2.45. The second kappa shape index (κ2) is 6.18. The van der Waals surface area contributed by atoms with Gasteiger partial charge in [-0.05, 0) is 37.0 Å². The maximum atomic E-state index is 12.1. The molecule has 2 amide bonds. The number of carbonyl (C=O) groups excluding carboxylic acids is 1. The summed E-state index contributed by atoms with van der Waals surface area (Å²) in [4.78, 5) is 16.2. The highest BCUT2D eigenvalue weighted by atomic mass is 16.2. The number of rotatable bonds is 5. The minimum Gasteiger partial charge on any atom is -0.337 e. The van der Waals surface area contributed by atoms with Crippen molar-refractivity contribution < 1.29 is 4.79 Å². The molecule has 1 heterocycles. The Morgan fingerprint density at radius 3 is 2.64 bits per heavy atom. The van der Waals surface area contributed by atoms with Crippen LogP contribution in [0, 0.1) is 0 Å². The highest BCUT2D eigenvalue weighted by Crippen LogP contribution is 2.47. The second-order valence-corrected chi connectivity index (χ2v) is 5.98. The van der Waals surface area contributed by atoms with Gasteiger partial charge in [-0.1, -0.05) is 36.4 Å². The number of aromatic nitrogens is 1. The molecule has 1 aliphatic rings. The van der Waals surface area contributed by atoms with Crippen molar-refractivity contribution in [3.8, 4) is 0 Å². The number of nitrogens with zero attached hydrogens (tertiary/aromatic N) is 1. The Balaban J connectivity index is 1.53. The molecule has 0 aliphatic heterocycles. The van der Waals surface area contributed by atoms with E-state index in [2.05, 4.69) is 39.9 Å². The molecular weight excluding hydrogens is 274 g/mol. The third-order valence-corrected chi connectivity index (χ3v) is 4.36. The topological polar surface area (TPSA) is 54.0 Å². The van der Waals surface area contributed by atoms with Gasteiger partial charge in [-0.15, -0.1) is 0 Å². The molecule has 1 aromatic carbocycles. The largest absolute Gasteiger partial charge is 0.337 e. The Bertz CT molecular complexity index is 623. The number of hydrogen-bond acceptors (Lipinski definition) is 2. The van der Waals surface area contributed by atoms with Crippen molar-refractivity contribution in [3.05, 3.63) is 66.0 Å². The molecule has 0 saturated heterocycles. The number of hydrogen-bond donors (Lipinski definition) is 2. The van der Waals surface area contributed by atoms with E-state index in [9.17, 15) is 4.79 Å². The molecule has 0 bridgehead atoms. The first kappa shape index (κ1) is 14.6. The number of nitrogens with one attached hydrogen (secondary N) is 2. The molecule has 0 spiro atoms. The van der Waals surface area contributed by atoms with Crippen molar-refractivity contribution in [2.24, 2.45) is 0 Å². The van der Waals surface area contributed by atoms with Gasteiger partial charge in [-0.3, -0.25) is 4.98 Å².